The minimum Gasteiger partial charge on any atom is -0.394 e. The second-order valence-electron chi connectivity index (χ2n) is 6.82. The standard InChI is InChI=1S/C16H28N2O11/c1-6(21)18-9-11(23)14(7(3-17-5-20)27-15(9)26-2)29-16-13(25)12(24)10(22)8(4-19)28-16/h5,7-16,19,22-25H,3-4H2,1-2H3,(H,17,20)(H,18,21)/t7-,8-,9-,10-,11+,12-,13-,14+,15+,16-/m0/s1. The Labute approximate surface area is 166 Å². The predicted octanol–water partition coefficient (Wildman–Crippen LogP) is -4.85. The third kappa shape index (κ3) is 5.39. The predicted molar refractivity (Wildman–Crippen MR) is 92.0 cm³/mol. The molecule has 2 aliphatic rings. The zero-order valence-corrected chi connectivity index (χ0v) is 16.0. The van der Waals surface area contributed by atoms with Crippen molar-refractivity contribution in [2.45, 2.75) is 68.3 Å². The fourth-order valence-electron chi connectivity index (χ4n) is 3.34. The summed E-state index contributed by atoms with van der Waals surface area (Å²) in [5, 5.41) is 54.9. The molecule has 0 aromatic carbocycles. The van der Waals surface area contributed by atoms with Crippen molar-refractivity contribution < 1.29 is 54.1 Å². The minimum atomic E-state index is -1.71. The number of hydrogen-bond donors (Lipinski definition) is 7. The molecule has 7 N–H and O–H groups in total. The van der Waals surface area contributed by atoms with Gasteiger partial charge in [0.2, 0.25) is 12.3 Å². The molecule has 2 fully saturated rings. The highest BCUT2D eigenvalue weighted by Crippen LogP contribution is 2.29. The second kappa shape index (κ2) is 10.6. The van der Waals surface area contributed by atoms with E-state index in [1.54, 1.807) is 0 Å². The quantitative estimate of drug-likeness (QED) is 0.185. The number of aliphatic hydroxyl groups is 5. The molecule has 0 radical (unpaired) electrons. The maximum absolute atomic E-state index is 11.5. The SMILES string of the molecule is CO[C@@H]1O[C@@H](CNC=O)[C@@H](O[C@@H]2O[C@@H](CO)[C@H](O)[C@H](O)[C@@H]2O)[C@H](O)[C@@H]1NC(C)=O. The number of ether oxygens (including phenoxy) is 4. The number of carbonyl (C=O) groups excluding carboxylic acids is 2. The van der Waals surface area contributed by atoms with Crippen LogP contribution in [-0.4, -0.2) is 119 Å². The van der Waals surface area contributed by atoms with E-state index in [1.165, 1.54) is 14.0 Å². The van der Waals surface area contributed by atoms with E-state index >= 15 is 0 Å². The lowest BCUT2D eigenvalue weighted by molar-refractivity contribution is -0.344. The van der Waals surface area contributed by atoms with E-state index in [-0.39, 0.29) is 6.54 Å². The topological polar surface area (TPSA) is 196 Å². The lowest BCUT2D eigenvalue weighted by atomic mass is 9.95. The largest absolute Gasteiger partial charge is 0.394 e. The van der Waals surface area contributed by atoms with Crippen LogP contribution in [0.2, 0.25) is 0 Å². The van der Waals surface area contributed by atoms with Gasteiger partial charge in [-0.15, -0.1) is 0 Å². The molecule has 2 rings (SSSR count). The smallest absolute Gasteiger partial charge is 0.217 e. The van der Waals surface area contributed by atoms with Crippen molar-refractivity contribution in [2.75, 3.05) is 20.3 Å². The molecule has 10 atom stereocenters. The van der Waals surface area contributed by atoms with Crippen LogP contribution in [0.5, 0.6) is 0 Å². The molecule has 0 bridgehead atoms. The Kier molecular flexibility index (Phi) is 8.69. The van der Waals surface area contributed by atoms with Gasteiger partial charge in [-0.3, -0.25) is 9.59 Å². The third-order valence-electron chi connectivity index (χ3n) is 4.82. The van der Waals surface area contributed by atoms with Crippen LogP contribution in [0, 0.1) is 0 Å². The number of nitrogens with one attached hydrogen (secondary N) is 2. The van der Waals surface area contributed by atoms with Crippen molar-refractivity contribution in [1.29, 1.82) is 0 Å². The summed E-state index contributed by atoms with van der Waals surface area (Å²) in [6, 6.07) is -1.06. The van der Waals surface area contributed by atoms with Crippen molar-refractivity contribution in [3.63, 3.8) is 0 Å². The van der Waals surface area contributed by atoms with Crippen LogP contribution in [0.1, 0.15) is 6.92 Å². The van der Waals surface area contributed by atoms with E-state index in [2.05, 4.69) is 10.6 Å². The molecule has 168 valence electrons. The van der Waals surface area contributed by atoms with E-state index in [0.717, 1.165) is 0 Å². The van der Waals surface area contributed by atoms with Gasteiger partial charge in [-0.2, -0.15) is 0 Å². The van der Waals surface area contributed by atoms with Gasteiger partial charge in [-0.1, -0.05) is 0 Å². The summed E-state index contributed by atoms with van der Waals surface area (Å²) in [4.78, 5) is 22.2. The van der Waals surface area contributed by atoms with Crippen molar-refractivity contribution in [2.24, 2.45) is 0 Å². The molecule has 2 saturated heterocycles. The fraction of sp³-hybridized carbons (Fsp3) is 0.875. The van der Waals surface area contributed by atoms with Gasteiger partial charge in [0.1, 0.15) is 48.8 Å². The molecule has 0 aromatic rings. The number of aliphatic hydroxyl groups excluding tert-OH is 5. The minimum absolute atomic E-state index is 0.116. The lowest BCUT2D eigenvalue weighted by Crippen LogP contribution is -2.68. The Morgan fingerprint density at radius 3 is 2.24 bits per heavy atom. The first kappa shape index (κ1) is 23.9. The molecule has 0 saturated carbocycles. The first-order chi connectivity index (χ1) is 13.7. The summed E-state index contributed by atoms with van der Waals surface area (Å²) in [6.07, 6.45) is -12.1. The highest BCUT2D eigenvalue weighted by molar-refractivity contribution is 5.73. The Hall–Kier alpha value is -1.42. The van der Waals surface area contributed by atoms with Gasteiger partial charge < -0.3 is 55.1 Å². The average Bonchev–Trinajstić information content (AvgIpc) is 2.69. The highest BCUT2D eigenvalue weighted by Gasteiger charge is 2.51. The van der Waals surface area contributed by atoms with Gasteiger partial charge in [-0.05, 0) is 0 Å². The van der Waals surface area contributed by atoms with Crippen LogP contribution in [0.3, 0.4) is 0 Å². The molecule has 0 aromatic heterocycles. The van der Waals surface area contributed by atoms with Crippen molar-refractivity contribution >= 4 is 12.3 Å². The normalized spacial score (nSPS) is 42.9. The molecule has 2 amide bonds. The Morgan fingerprint density at radius 1 is 1.03 bits per heavy atom. The van der Waals surface area contributed by atoms with E-state index in [4.69, 9.17) is 18.9 Å². The summed E-state index contributed by atoms with van der Waals surface area (Å²) >= 11 is 0. The van der Waals surface area contributed by atoms with Crippen molar-refractivity contribution in [3.8, 4) is 0 Å². The first-order valence-electron chi connectivity index (χ1n) is 9.01. The van der Waals surface area contributed by atoms with Crippen LogP contribution >= 0.6 is 0 Å². The average molecular weight is 424 g/mol. The number of methoxy groups -OCH3 is 1. The van der Waals surface area contributed by atoms with Crippen molar-refractivity contribution in [1.82, 2.24) is 10.6 Å². The molecule has 2 heterocycles. The maximum atomic E-state index is 11.5. The van der Waals surface area contributed by atoms with Crippen LogP contribution in [0.25, 0.3) is 0 Å². The molecule has 13 heteroatoms. The molecule has 29 heavy (non-hydrogen) atoms. The third-order valence-corrected chi connectivity index (χ3v) is 4.82. The molecule has 13 nitrogen and oxygen atoms in total. The number of hydrogen-bond acceptors (Lipinski definition) is 11. The Morgan fingerprint density at radius 2 is 1.69 bits per heavy atom. The molecular formula is C16H28N2O11. The molecule has 0 spiro atoms. The van der Waals surface area contributed by atoms with Gasteiger partial charge in [0.25, 0.3) is 0 Å². The zero-order valence-electron chi connectivity index (χ0n) is 16.0. The Bertz CT molecular complexity index is 551. The first-order valence-corrected chi connectivity index (χ1v) is 9.01. The summed E-state index contributed by atoms with van der Waals surface area (Å²) in [5.41, 5.74) is 0. The zero-order chi connectivity index (χ0) is 21.7. The van der Waals surface area contributed by atoms with Crippen LogP contribution in [0.4, 0.5) is 0 Å². The van der Waals surface area contributed by atoms with Gasteiger partial charge >= 0.3 is 0 Å². The van der Waals surface area contributed by atoms with Gasteiger partial charge in [0.15, 0.2) is 12.6 Å². The Balaban J connectivity index is 2.24. The number of carbonyl (C=O) groups is 2. The van der Waals surface area contributed by atoms with Gasteiger partial charge in [-0.25, -0.2) is 0 Å². The van der Waals surface area contributed by atoms with E-state index in [1.807, 2.05) is 0 Å². The monoisotopic (exact) mass is 424 g/mol. The number of amides is 2. The van der Waals surface area contributed by atoms with E-state index < -0.39 is 73.9 Å². The number of rotatable bonds is 8. The second-order valence-corrected chi connectivity index (χ2v) is 6.82. The van der Waals surface area contributed by atoms with E-state index in [0.29, 0.717) is 6.41 Å². The lowest BCUT2D eigenvalue weighted by Gasteiger charge is -2.47. The molecule has 0 unspecified atom stereocenters. The highest BCUT2D eigenvalue weighted by atomic mass is 16.7. The van der Waals surface area contributed by atoms with Gasteiger partial charge in [0, 0.05) is 20.6 Å². The van der Waals surface area contributed by atoms with E-state index in [9.17, 15) is 35.1 Å². The summed E-state index contributed by atoms with van der Waals surface area (Å²) in [7, 11) is 1.30. The molecular weight excluding hydrogens is 396 g/mol. The maximum Gasteiger partial charge on any atom is 0.217 e. The summed E-state index contributed by atoms with van der Waals surface area (Å²) in [6.45, 7) is 0.452. The van der Waals surface area contributed by atoms with Crippen LogP contribution in [0.15, 0.2) is 0 Å². The summed E-state index contributed by atoms with van der Waals surface area (Å²) in [5.74, 6) is -0.476. The molecule has 0 aliphatic carbocycles. The van der Waals surface area contributed by atoms with Crippen LogP contribution in [-0.2, 0) is 28.5 Å². The summed E-state index contributed by atoms with van der Waals surface area (Å²) < 4.78 is 21.8. The van der Waals surface area contributed by atoms with Gasteiger partial charge in [0.05, 0.1) is 6.61 Å². The molecule has 2 aliphatic heterocycles. The van der Waals surface area contributed by atoms with Crippen LogP contribution < -0.4 is 10.6 Å². The fourth-order valence-corrected chi connectivity index (χ4v) is 3.34. The van der Waals surface area contributed by atoms with Crippen molar-refractivity contribution in [3.05, 3.63) is 0 Å².